The molecule has 146 valence electrons. The van der Waals surface area contributed by atoms with Crippen LogP contribution in [0.5, 0.6) is 11.5 Å². The van der Waals surface area contributed by atoms with Crippen LogP contribution in [0.25, 0.3) is 0 Å². The molecule has 3 N–H and O–H groups in total. The van der Waals surface area contributed by atoms with Crippen molar-refractivity contribution < 1.29 is 34.3 Å². The lowest BCUT2D eigenvalue weighted by molar-refractivity contribution is -0.287. The molecule has 1 aliphatic heterocycles. The summed E-state index contributed by atoms with van der Waals surface area (Å²) in [6.45, 7) is -0.228. The predicted molar refractivity (Wildman–Crippen MR) is 96.4 cm³/mol. The molecule has 7 nitrogen and oxygen atoms in total. The zero-order valence-corrected chi connectivity index (χ0v) is 15.0. The molecule has 2 unspecified atom stereocenters. The maximum atomic E-state index is 10.6. The molecule has 0 bridgehead atoms. The van der Waals surface area contributed by atoms with E-state index >= 15 is 0 Å². The quantitative estimate of drug-likeness (QED) is 0.666. The summed E-state index contributed by atoms with van der Waals surface area (Å²) < 4.78 is 22.1. The minimum absolute atomic E-state index is 0.201. The Kier molecular flexibility index (Phi) is 6.65. The monoisotopic (exact) mass is 376 g/mol. The van der Waals surface area contributed by atoms with E-state index in [1.54, 1.807) is 31.4 Å². The van der Waals surface area contributed by atoms with Crippen molar-refractivity contribution in [3.8, 4) is 11.5 Å². The molecule has 3 rings (SSSR count). The minimum atomic E-state index is -1.24. The lowest BCUT2D eigenvalue weighted by Gasteiger charge is -2.41. The second-order valence-electron chi connectivity index (χ2n) is 6.26. The topological polar surface area (TPSA) is 97.6 Å². The number of aliphatic hydroxyl groups is 3. The van der Waals surface area contributed by atoms with E-state index in [0.717, 1.165) is 5.56 Å². The summed E-state index contributed by atoms with van der Waals surface area (Å²) in [7, 11) is 1.56. The Morgan fingerprint density at radius 1 is 0.926 bits per heavy atom. The summed E-state index contributed by atoms with van der Waals surface area (Å²) in [5.41, 5.74) is 0.900. The molecule has 5 atom stereocenters. The van der Waals surface area contributed by atoms with E-state index in [1.165, 1.54) is 0 Å². The first-order valence-corrected chi connectivity index (χ1v) is 8.71. The Labute approximate surface area is 157 Å². The fraction of sp³-hybridized carbons (Fsp3) is 0.400. The van der Waals surface area contributed by atoms with Crippen molar-refractivity contribution in [1.29, 1.82) is 0 Å². The second kappa shape index (κ2) is 9.16. The molecular weight excluding hydrogens is 352 g/mol. The maximum absolute atomic E-state index is 10.6. The normalized spacial score (nSPS) is 27.9. The third-order valence-corrected chi connectivity index (χ3v) is 4.42. The van der Waals surface area contributed by atoms with Gasteiger partial charge in [0.2, 0.25) is 6.29 Å². The summed E-state index contributed by atoms with van der Waals surface area (Å²) in [6.07, 6.45) is -5.44. The molecule has 0 aliphatic carbocycles. The molecule has 0 radical (unpaired) electrons. The summed E-state index contributed by atoms with van der Waals surface area (Å²) in [5.74, 6) is 1.12. The van der Waals surface area contributed by atoms with Crippen LogP contribution < -0.4 is 9.47 Å². The van der Waals surface area contributed by atoms with Crippen molar-refractivity contribution in [2.24, 2.45) is 0 Å². The Bertz CT molecular complexity index is 691. The largest absolute Gasteiger partial charge is 0.497 e. The zero-order valence-electron chi connectivity index (χ0n) is 15.0. The van der Waals surface area contributed by atoms with Crippen LogP contribution in [-0.2, 0) is 16.1 Å². The molecular formula is C20H24O7. The van der Waals surface area contributed by atoms with Crippen molar-refractivity contribution >= 4 is 0 Å². The first kappa shape index (κ1) is 19.6. The number of benzene rings is 2. The molecule has 1 saturated heterocycles. The number of aliphatic hydroxyl groups excluding tert-OH is 3. The van der Waals surface area contributed by atoms with Gasteiger partial charge in [-0.1, -0.05) is 30.3 Å². The first-order chi connectivity index (χ1) is 13.1. The van der Waals surface area contributed by atoms with E-state index in [9.17, 15) is 15.3 Å². The summed E-state index contributed by atoms with van der Waals surface area (Å²) >= 11 is 0. The lowest BCUT2D eigenvalue weighted by Crippen LogP contribution is -2.60. The molecule has 1 fully saturated rings. The SMILES string of the molecule is COc1ccc(O[C@H]2OC(CO)[C@@H](O)[C@@H](OCc3ccccc3)C2O)cc1. The van der Waals surface area contributed by atoms with Crippen LogP contribution in [0.2, 0.25) is 0 Å². The number of hydrogen-bond donors (Lipinski definition) is 3. The van der Waals surface area contributed by atoms with Crippen molar-refractivity contribution in [3.63, 3.8) is 0 Å². The highest BCUT2D eigenvalue weighted by atomic mass is 16.7. The molecule has 27 heavy (non-hydrogen) atoms. The summed E-state index contributed by atoms with van der Waals surface area (Å²) in [6, 6.07) is 16.2. The highest BCUT2D eigenvalue weighted by molar-refractivity contribution is 5.31. The second-order valence-corrected chi connectivity index (χ2v) is 6.26. The molecule has 1 heterocycles. The molecule has 0 aromatic heterocycles. The average Bonchev–Trinajstić information content (AvgIpc) is 2.71. The Morgan fingerprint density at radius 3 is 2.22 bits per heavy atom. The number of rotatable bonds is 7. The van der Waals surface area contributed by atoms with Gasteiger partial charge in [-0.15, -0.1) is 0 Å². The van der Waals surface area contributed by atoms with Crippen LogP contribution in [0.3, 0.4) is 0 Å². The standard InChI is InChI=1S/C20H24O7/c1-24-14-7-9-15(10-8-14)26-20-18(23)19(17(22)16(11-21)27-20)25-12-13-5-3-2-4-6-13/h2-10,16-23H,11-12H2,1H3/t16?,17-,18?,19-,20+/m1/s1. The molecule has 0 spiro atoms. The smallest absolute Gasteiger partial charge is 0.229 e. The lowest BCUT2D eigenvalue weighted by atomic mass is 9.99. The van der Waals surface area contributed by atoms with Gasteiger partial charge in [0.25, 0.3) is 0 Å². The third kappa shape index (κ3) is 4.77. The van der Waals surface area contributed by atoms with E-state index in [1.807, 2.05) is 30.3 Å². The Balaban J connectivity index is 1.70. The van der Waals surface area contributed by atoms with Gasteiger partial charge < -0.3 is 34.3 Å². The fourth-order valence-electron chi connectivity index (χ4n) is 2.90. The van der Waals surface area contributed by atoms with Crippen LogP contribution >= 0.6 is 0 Å². The van der Waals surface area contributed by atoms with Gasteiger partial charge in [0.1, 0.15) is 35.9 Å². The third-order valence-electron chi connectivity index (χ3n) is 4.42. The van der Waals surface area contributed by atoms with Gasteiger partial charge in [0, 0.05) is 0 Å². The van der Waals surface area contributed by atoms with E-state index in [-0.39, 0.29) is 6.61 Å². The van der Waals surface area contributed by atoms with Gasteiger partial charge in [0.05, 0.1) is 20.3 Å². The van der Waals surface area contributed by atoms with Gasteiger partial charge >= 0.3 is 0 Å². The van der Waals surface area contributed by atoms with E-state index < -0.39 is 37.3 Å². The number of hydrogen-bond acceptors (Lipinski definition) is 7. The molecule has 7 heteroatoms. The maximum Gasteiger partial charge on any atom is 0.229 e. The molecule has 0 amide bonds. The van der Waals surface area contributed by atoms with Crippen molar-refractivity contribution in [2.75, 3.05) is 13.7 Å². The van der Waals surface area contributed by atoms with E-state index in [4.69, 9.17) is 18.9 Å². The Hall–Kier alpha value is -2.16. The van der Waals surface area contributed by atoms with Gasteiger partial charge in [0.15, 0.2) is 0 Å². The molecule has 2 aromatic rings. The summed E-state index contributed by atoms with van der Waals surface area (Å²) in [4.78, 5) is 0. The van der Waals surface area contributed by atoms with Gasteiger partial charge in [-0.25, -0.2) is 0 Å². The van der Waals surface area contributed by atoms with Crippen molar-refractivity contribution in [1.82, 2.24) is 0 Å². The van der Waals surface area contributed by atoms with Crippen LogP contribution in [0.1, 0.15) is 5.56 Å². The van der Waals surface area contributed by atoms with E-state index in [2.05, 4.69) is 0 Å². The highest BCUT2D eigenvalue weighted by Gasteiger charge is 2.46. The molecule has 2 aromatic carbocycles. The minimum Gasteiger partial charge on any atom is -0.497 e. The van der Waals surface area contributed by atoms with E-state index in [0.29, 0.717) is 11.5 Å². The number of methoxy groups -OCH3 is 1. The van der Waals surface area contributed by atoms with Crippen LogP contribution in [0.15, 0.2) is 54.6 Å². The molecule has 1 aliphatic rings. The highest BCUT2D eigenvalue weighted by Crippen LogP contribution is 2.27. The fourth-order valence-corrected chi connectivity index (χ4v) is 2.90. The zero-order chi connectivity index (χ0) is 19.2. The summed E-state index contributed by atoms with van der Waals surface area (Å²) in [5, 5.41) is 30.5. The Morgan fingerprint density at radius 2 is 1.59 bits per heavy atom. The first-order valence-electron chi connectivity index (χ1n) is 8.71. The average molecular weight is 376 g/mol. The van der Waals surface area contributed by atoms with Crippen molar-refractivity contribution in [2.45, 2.75) is 37.3 Å². The molecule has 0 saturated carbocycles. The van der Waals surface area contributed by atoms with Gasteiger partial charge in [-0.05, 0) is 29.8 Å². The van der Waals surface area contributed by atoms with Crippen molar-refractivity contribution in [3.05, 3.63) is 60.2 Å². The van der Waals surface area contributed by atoms with Gasteiger partial charge in [-0.3, -0.25) is 0 Å². The predicted octanol–water partition coefficient (Wildman–Crippen LogP) is 1.10. The van der Waals surface area contributed by atoms with Crippen LogP contribution in [0.4, 0.5) is 0 Å². The number of ether oxygens (including phenoxy) is 4. The van der Waals surface area contributed by atoms with Crippen LogP contribution in [0, 0.1) is 0 Å². The van der Waals surface area contributed by atoms with Crippen LogP contribution in [-0.4, -0.2) is 59.7 Å². The van der Waals surface area contributed by atoms with Gasteiger partial charge in [-0.2, -0.15) is 0 Å².